The van der Waals surface area contributed by atoms with Gasteiger partial charge < -0.3 is 15.0 Å². The standard InChI is InChI=1S/C23H23N3O3/c1-2-3-6-13-26-20(17-14-25-18-8-5-4-7-16(17)18)19(22(28)23(26)29)21(27)15-9-11-24-12-10-15/h4-5,7-12,14,20,25,27H,2-3,6,13H2,1H3/b21-19+. The molecule has 1 saturated heterocycles. The van der Waals surface area contributed by atoms with Gasteiger partial charge in [-0.3, -0.25) is 14.6 Å². The SMILES string of the molecule is CCCCCN1C(=O)C(=O)/C(=C(/O)c2ccncc2)C1c1c[nH]c2ccccc12. The normalized spacial score (nSPS) is 18.7. The Morgan fingerprint density at radius 1 is 1.14 bits per heavy atom. The molecule has 1 aromatic carbocycles. The number of nitrogens with zero attached hydrogens (tertiary/aromatic N) is 2. The number of ketones is 1. The molecule has 1 aliphatic heterocycles. The Morgan fingerprint density at radius 3 is 2.66 bits per heavy atom. The molecule has 0 aliphatic carbocycles. The molecule has 1 aliphatic rings. The van der Waals surface area contributed by atoms with Crippen molar-refractivity contribution in [3.63, 3.8) is 0 Å². The van der Waals surface area contributed by atoms with Crippen molar-refractivity contribution < 1.29 is 14.7 Å². The molecule has 1 unspecified atom stereocenters. The molecule has 0 spiro atoms. The van der Waals surface area contributed by atoms with Crippen LogP contribution in [0.2, 0.25) is 0 Å². The van der Waals surface area contributed by atoms with Crippen molar-refractivity contribution in [1.82, 2.24) is 14.9 Å². The van der Waals surface area contributed by atoms with Gasteiger partial charge in [0.05, 0.1) is 11.6 Å². The largest absolute Gasteiger partial charge is 0.507 e. The number of aliphatic hydroxyl groups is 1. The molecule has 3 heterocycles. The lowest BCUT2D eigenvalue weighted by Gasteiger charge is -2.24. The number of hydrogen-bond acceptors (Lipinski definition) is 4. The van der Waals surface area contributed by atoms with Crippen LogP contribution in [0.3, 0.4) is 0 Å². The Hall–Kier alpha value is -3.41. The van der Waals surface area contributed by atoms with Crippen molar-refractivity contribution in [3.05, 3.63) is 71.7 Å². The zero-order valence-corrected chi connectivity index (χ0v) is 16.3. The second-order valence-electron chi connectivity index (χ2n) is 7.23. The maximum absolute atomic E-state index is 13.0. The Labute approximate surface area is 168 Å². The van der Waals surface area contributed by atoms with Crippen LogP contribution in [-0.2, 0) is 9.59 Å². The van der Waals surface area contributed by atoms with Crippen LogP contribution in [0.15, 0.2) is 60.6 Å². The van der Waals surface area contributed by atoms with E-state index in [4.69, 9.17) is 0 Å². The minimum absolute atomic E-state index is 0.127. The summed E-state index contributed by atoms with van der Waals surface area (Å²) >= 11 is 0. The number of fused-ring (bicyclic) bond motifs is 1. The number of H-pyrrole nitrogens is 1. The number of carbonyl (C=O) groups is 2. The summed E-state index contributed by atoms with van der Waals surface area (Å²) in [5.74, 6) is -1.38. The van der Waals surface area contributed by atoms with E-state index in [1.165, 1.54) is 0 Å². The minimum atomic E-state index is -0.647. The van der Waals surface area contributed by atoms with Gasteiger partial charge in [0, 0.05) is 47.2 Å². The third-order valence-electron chi connectivity index (χ3n) is 5.41. The van der Waals surface area contributed by atoms with Gasteiger partial charge in [0.2, 0.25) is 0 Å². The number of nitrogens with one attached hydrogen (secondary N) is 1. The average molecular weight is 389 g/mol. The number of likely N-dealkylation sites (tertiary alicyclic amines) is 1. The molecule has 2 N–H and O–H groups in total. The number of rotatable bonds is 6. The van der Waals surface area contributed by atoms with Crippen LogP contribution in [0.25, 0.3) is 16.7 Å². The molecular formula is C23H23N3O3. The molecule has 3 aromatic rings. The summed E-state index contributed by atoms with van der Waals surface area (Å²) in [6, 6.07) is 10.4. The van der Waals surface area contributed by atoms with Gasteiger partial charge >= 0.3 is 0 Å². The van der Waals surface area contributed by atoms with Gasteiger partial charge in [0.25, 0.3) is 11.7 Å². The summed E-state index contributed by atoms with van der Waals surface area (Å²) in [5, 5.41) is 11.9. The molecule has 29 heavy (non-hydrogen) atoms. The Balaban J connectivity index is 1.88. The molecule has 0 bridgehead atoms. The number of unbranched alkanes of at least 4 members (excludes halogenated alkanes) is 2. The van der Waals surface area contributed by atoms with Crippen molar-refractivity contribution in [3.8, 4) is 0 Å². The number of aromatic amines is 1. The summed E-state index contributed by atoms with van der Waals surface area (Å²) in [7, 11) is 0. The average Bonchev–Trinajstić information content (AvgIpc) is 3.28. The van der Waals surface area contributed by atoms with Crippen molar-refractivity contribution >= 4 is 28.4 Å². The van der Waals surface area contributed by atoms with Gasteiger partial charge in [-0.25, -0.2) is 0 Å². The van der Waals surface area contributed by atoms with Gasteiger partial charge in [-0.1, -0.05) is 38.0 Å². The number of para-hydroxylation sites is 1. The number of pyridine rings is 1. The fourth-order valence-corrected chi connectivity index (χ4v) is 3.95. The lowest BCUT2D eigenvalue weighted by atomic mass is 9.95. The number of aromatic nitrogens is 2. The number of amides is 1. The second kappa shape index (κ2) is 7.91. The number of benzene rings is 1. The predicted octanol–water partition coefficient (Wildman–Crippen LogP) is 4.17. The minimum Gasteiger partial charge on any atom is -0.507 e. The van der Waals surface area contributed by atoms with Crippen molar-refractivity contribution in [1.29, 1.82) is 0 Å². The quantitative estimate of drug-likeness (QED) is 0.287. The highest BCUT2D eigenvalue weighted by molar-refractivity contribution is 6.46. The zero-order valence-electron chi connectivity index (χ0n) is 16.3. The second-order valence-corrected chi connectivity index (χ2v) is 7.23. The lowest BCUT2D eigenvalue weighted by molar-refractivity contribution is -0.139. The van der Waals surface area contributed by atoms with Crippen LogP contribution in [0.1, 0.15) is 43.4 Å². The van der Waals surface area contributed by atoms with Gasteiger partial charge in [0.15, 0.2) is 0 Å². The summed E-state index contributed by atoms with van der Waals surface area (Å²) in [6.45, 7) is 2.56. The van der Waals surface area contributed by atoms with Crippen LogP contribution in [0.5, 0.6) is 0 Å². The lowest BCUT2D eigenvalue weighted by Crippen LogP contribution is -2.30. The molecule has 1 fully saturated rings. The third-order valence-corrected chi connectivity index (χ3v) is 5.41. The summed E-state index contributed by atoms with van der Waals surface area (Å²) in [4.78, 5) is 34.6. The molecule has 1 atom stereocenters. The Morgan fingerprint density at radius 2 is 1.90 bits per heavy atom. The highest BCUT2D eigenvalue weighted by Crippen LogP contribution is 2.41. The van der Waals surface area contributed by atoms with Crippen molar-refractivity contribution in [2.24, 2.45) is 0 Å². The topological polar surface area (TPSA) is 86.3 Å². The van der Waals surface area contributed by atoms with E-state index in [1.54, 1.807) is 29.4 Å². The van der Waals surface area contributed by atoms with Crippen molar-refractivity contribution in [2.75, 3.05) is 6.54 Å². The first-order valence-corrected chi connectivity index (χ1v) is 9.88. The van der Waals surface area contributed by atoms with E-state index in [0.717, 1.165) is 35.7 Å². The van der Waals surface area contributed by atoms with E-state index >= 15 is 0 Å². The van der Waals surface area contributed by atoms with E-state index in [2.05, 4.69) is 16.9 Å². The Kier molecular flexibility index (Phi) is 5.16. The fraction of sp³-hybridized carbons (Fsp3) is 0.261. The van der Waals surface area contributed by atoms with E-state index < -0.39 is 17.7 Å². The first kappa shape index (κ1) is 18.9. The molecule has 6 heteroatoms. The van der Waals surface area contributed by atoms with Crippen LogP contribution in [-0.4, -0.2) is 38.2 Å². The predicted molar refractivity (Wildman–Crippen MR) is 111 cm³/mol. The molecule has 0 saturated carbocycles. The van der Waals surface area contributed by atoms with Crippen LogP contribution in [0.4, 0.5) is 0 Å². The number of Topliss-reactive ketones (excluding diaryl/α,β-unsaturated/α-hetero) is 1. The molecule has 2 aromatic heterocycles. The highest BCUT2D eigenvalue weighted by Gasteiger charge is 2.46. The van der Waals surface area contributed by atoms with Gasteiger partial charge in [-0.15, -0.1) is 0 Å². The van der Waals surface area contributed by atoms with Crippen LogP contribution < -0.4 is 0 Å². The van der Waals surface area contributed by atoms with Gasteiger partial charge in [0.1, 0.15) is 5.76 Å². The molecule has 4 rings (SSSR count). The molecule has 6 nitrogen and oxygen atoms in total. The van der Waals surface area contributed by atoms with Crippen LogP contribution in [0, 0.1) is 0 Å². The van der Waals surface area contributed by atoms with Gasteiger partial charge in [-0.05, 0) is 24.6 Å². The summed E-state index contributed by atoms with van der Waals surface area (Å²) in [5.41, 5.74) is 2.33. The van der Waals surface area contributed by atoms with Crippen molar-refractivity contribution in [2.45, 2.75) is 32.2 Å². The highest BCUT2D eigenvalue weighted by atomic mass is 16.3. The maximum atomic E-state index is 13.0. The van der Waals surface area contributed by atoms with Crippen LogP contribution >= 0.6 is 0 Å². The molecule has 1 amide bonds. The van der Waals surface area contributed by atoms with E-state index in [1.807, 2.05) is 30.5 Å². The van der Waals surface area contributed by atoms with E-state index in [0.29, 0.717) is 12.1 Å². The molecular weight excluding hydrogens is 366 g/mol. The maximum Gasteiger partial charge on any atom is 0.295 e. The summed E-state index contributed by atoms with van der Waals surface area (Å²) in [6.07, 6.45) is 7.71. The van der Waals surface area contributed by atoms with E-state index in [9.17, 15) is 14.7 Å². The Bertz CT molecular complexity index is 1080. The smallest absolute Gasteiger partial charge is 0.295 e. The van der Waals surface area contributed by atoms with Gasteiger partial charge in [-0.2, -0.15) is 0 Å². The molecule has 148 valence electrons. The zero-order chi connectivity index (χ0) is 20.4. The summed E-state index contributed by atoms with van der Waals surface area (Å²) < 4.78 is 0. The first-order valence-electron chi connectivity index (χ1n) is 9.88. The number of carbonyl (C=O) groups excluding carboxylic acids is 2. The monoisotopic (exact) mass is 389 g/mol. The molecule has 0 radical (unpaired) electrons. The van der Waals surface area contributed by atoms with E-state index in [-0.39, 0.29) is 11.3 Å². The number of aliphatic hydroxyl groups excluding tert-OH is 1. The fourth-order valence-electron chi connectivity index (χ4n) is 3.95. The number of hydrogen-bond donors (Lipinski definition) is 2. The first-order chi connectivity index (χ1) is 14.1. The third kappa shape index (κ3) is 3.31.